The fraction of sp³-hybridized carbons (Fsp3) is 0.556. The quantitative estimate of drug-likeness (QED) is 0.893. The molecule has 3 fully saturated rings. The van der Waals surface area contributed by atoms with Gasteiger partial charge in [0, 0.05) is 26.2 Å². The summed E-state index contributed by atoms with van der Waals surface area (Å²) in [5.41, 5.74) is 0.543. The zero-order valence-corrected chi connectivity index (χ0v) is 13.8. The van der Waals surface area contributed by atoms with Crippen LogP contribution in [0.1, 0.15) is 12.8 Å². The molecule has 1 aromatic rings. The molecule has 0 aliphatic carbocycles. The molecule has 0 spiro atoms. The first kappa shape index (κ1) is 16.3. The molecule has 0 radical (unpaired) electrons. The average Bonchev–Trinajstić information content (AvgIpc) is 3.23. The number of nitrogens with zero attached hydrogens (tertiary/aromatic N) is 2. The van der Waals surface area contributed by atoms with Gasteiger partial charge in [-0.3, -0.25) is 9.59 Å². The Morgan fingerprint density at radius 3 is 2.32 bits per heavy atom. The third-order valence-electron chi connectivity index (χ3n) is 5.63. The number of carbonyl (C=O) groups is 2. The molecule has 4 rings (SSSR count). The highest BCUT2D eigenvalue weighted by Crippen LogP contribution is 2.44. The number of halogens is 1. The van der Waals surface area contributed by atoms with Crippen molar-refractivity contribution in [1.29, 1.82) is 0 Å². The summed E-state index contributed by atoms with van der Waals surface area (Å²) >= 11 is 0. The van der Waals surface area contributed by atoms with E-state index in [1.165, 1.54) is 6.07 Å². The second kappa shape index (κ2) is 6.29. The summed E-state index contributed by atoms with van der Waals surface area (Å²) in [4.78, 5) is 28.1. The van der Waals surface area contributed by atoms with Gasteiger partial charge in [-0.2, -0.15) is 0 Å². The monoisotopic (exact) mass is 348 g/mol. The molecule has 0 aromatic heterocycles. The van der Waals surface area contributed by atoms with Crippen molar-refractivity contribution in [3.63, 3.8) is 0 Å². The first-order valence-electron chi connectivity index (χ1n) is 8.73. The van der Waals surface area contributed by atoms with Crippen LogP contribution in [0.2, 0.25) is 0 Å². The molecule has 3 saturated heterocycles. The third-order valence-corrected chi connectivity index (χ3v) is 5.63. The van der Waals surface area contributed by atoms with E-state index in [0.29, 0.717) is 38.3 Å². The molecule has 1 amide bonds. The normalized spacial score (nSPS) is 31.4. The van der Waals surface area contributed by atoms with Gasteiger partial charge in [-0.25, -0.2) is 4.39 Å². The molecular weight excluding hydrogens is 327 g/mol. The maximum absolute atomic E-state index is 13.9. The molecule has 25 heavy (non-hydrogen) atoms. The van der Waals surface area contributed by atoms with Gasteiger partial charge in [0.15, 0.2) is 0 Å². The van der Waals surface area contributed by atoms with E-state index in [2.05, 4.69) is 0 Å². The molecule has 0 saturated carbocycles. The van der Waals surface area contributed by atoms with E-state index >= 15 is 0 Å². The van der Waals surface area contributed by atoms with Crippen LogP contribution in [0.25, 0.3) is 0 Å². The van der Waals surface area contributed by atoms with Crippen LogP contribution in [0.5, 0.6) is 0 Å². The molecule has 7 heteroatoms. The number of hydrogen-bond donors (Lipinski definition) is 1. The average molecular weight is 348 g/mol. The third kappa shape index (κ3) is 2.76. The van der Waals surface area contributed by atoms with Crippen LogP contribution in [-0.2, 0) is 14.3 Å². The Morgan fingerprint density at radius 1 is 1.04 bits per heavy atom. The lowest BCUT2D eigenvalue weighted by Crippen LogP contribution is -2.53. The molecule has 0 unspecified atom stereocenters. The predicted octanol–water partition coefficient (Wildman–Crippen LogP) is 1.35. The number of hydrogen-bond acceptors (Lipinski definition) is 4. The number of fused-ring (bicyclic) bond motifs is 2. The van der Waals surface area contributed by atoms with Crippen molar-refractivity contribution in [1.82, 2.24) is 4.90 Å². The van der Waals surface area contributed by atoms with E-state index in [1.54, 1.807) is 23.1 Å². The summed E-state index contributed by atoms with van der Waals surface area (Å²) in [6.07, 6.45) is 0.853. The highest BCUT2D eigenvalue weighted by Gasteiger charge is 2.56. The van der Waals surface area contributed by atoms with E-state index in [0.717, 1.165) is 6.42 Å². The summed E-state index contributed by atoms with van der Waals surface area (Å²) in [6.45, 7) is 2.00. The lowest BCUT2D eigenvalue weighted by atomic mass is 9.78. The maximum Gasteiger partial charge on any atom is 0.310 e. The van der Waals surface area contributed by atoms with E-state index < -0.39 is 17.8 Å². The molecule has 1 aromatic carbocycles. The van der Waals surface area contributed by atoms with Crippen LogP contribution in [0.4, 0.5) is 10.1 Å². The Kier molecular flexibility index (Phi) is 4.11. The number of carboxylic acids is 1. The van der Waals surface area contributed by atoms with Gasteiger partial charge in [0.25, 0.3) is 0 Å². The summed E-state index contributed by atoms with van der Waals surface area (Å²) in [7, 11) is 0. The first-order chi connectivity index (χ1) is 12.1. The minimum absolute atomic E-state index is 0.132. The van der Waals surface area contributed by atoms with E-state index in [-0.39, 0.29) is 23.9 Å². The smallest absolute Gasteiger partial charge is 0.310 e. The molecule has 3 heterocycles. The van der Waals surface area contributed by atoms with Crippen LogP contribution in [0.15, 0.2) is 24.3 Å². The number of para-hydroxylation sites is 1. The number of benzene rings is 1. The SMILES string of the molecule is O=C(O)[C@@H]1[C@H](C(=O)N2CCN(c3ccccc3F)CC2)[C@@H]2CC[C@@H]1O2. The minimum Gasteiger partial charge on any atom is -0.481 e. The van der Waals surface area contributed by atoms with Gasteiger partial charge in [-0.15, -0.1) is 0 Å². The zero-order chi connectivity index (χ0) is 17.6. The Hall–Kier alpha value is -2.15. The van der Waals surface area contributed by atoms with Crippen molar-refractivity contribution in [3.8, 4) is 0 Å². The summed E-state index contributed by atoms with van der Waals surface area (Å²) < 4.78 is 19.6. The van der Waals surface area contributed by atoms with Crippen LogP contribution < -0.4 is 4.90 Å². The molecule has 134 valence electrons. The van der Waals surface area contributed by atoms with Crippen molar-refractivity contribution in [2.45, 2.75) is 25.0 Å². The van der Waals surface area contributed by atoms with Gasteiger partial charge < -0.3 is 19.6 Å². The first-order valence-corrected chi connectivity index (χ1v) is 8.73. The molecular formula is C18H21FN2O4. The van der Waals surface area contributed by atoms with Crippen LogP contribution in [0.3, 0.4) is 0 Å². The van der Waals surface area contributed by atoms with Gasteiger partial charge in [0.05, 0.1) is 29.7 Å². The van der Waals surface area contributed by atoms with Crippen LogP contribution >= 0.6 is 0 Å². The number of carboxylic acid groups (broad SMARTS) is 1. The number of rotatable bonds is 3. The number of amides is 1. The minimum atomic E-state index is -0.949. The van der Waals surface area contributed by atoms with Crippen molar-refractivity contribution >= 4 is 17.6 Å². The highest BCUT2D eigenvalue weighted by atomic mass is 19.1. The Bertz CT molecular complexity index is 689. The van der Waals surface area contributed by atoms with E-state index in [1.807, 2.05) is 4.90 Å². The van der Waals surface area contributed by atoms with Crippen molar-refractivity contribution < 1.29 is 23.8 Å². The molecule has 3 aliphatic heterocycles. The van der Waals surface area contributed by atoms with E-state index in [9.17, 15) is 19.1 Å². The van der Waals surface area contributed by atoms with Crippen molar-refractivity contribution in [2.75, 3.05) is 31.1 Å². The van der Waals surface area contributed by atoms with E-state index in [4.69, 9.17) is 4.74 Å². The number of carbonyl (C=O) groups excluding carboxylic acids is 1. The Morgan fingerprint density at radius 2 is 1.68 bits per heavy atom. The van der Waals surface area contributed by atoms with Gasteiger partial charge >= 0.3 is 5.97 Å². The van der Waals surface area contributed by atoms with Gasteiger partial charge in [0.2, 0.25) is 5.91 Å². The van der Waals surface area contributed by atoms with Crippen molar-refractivity contribution in [2.24, 2.45) is 11.8 Å². The lowest BCUT2D eigenvalue weighted by Gasteiger charge is -2.38. The van der Waals surface area contributed by atoms with Crippen LogP contribution in [-0.4, -0.2) is 60.3 Å². The van der Waals surface area contributed by atoms with Crippen LogP contribution in [0, 0.1) is 17.7 Å². The maximum atomic E-state index is 13.9. The van der Waals surface area contributed by atoms with Gasteiger partial charge in [-0.05, 0) is 25.0 Å². The van der Waals surface area contributed by atoms with Gasteiger partial charge in [-0.1, -0.05) is 12.1 Å². The molecule has 3 aliphatic rings. The molecule has 6 nitrogen and oxygen atoms in total. The Labute approximate surface area is 145 Å². The fourth-order valence-corrected chi connectivity index (χ4v) is 4.39. The number of anilines is 1. The van der Waals surface area contributed by atoms with Gasteiger partial charge in [0.1, 0.15) is 5.82 Å². The highest BCUT2D eigenvalue weighted by molar-refractivity contribution is 5.86. The predicted molar refractivity (Wildman–Crippen MR) is 87.7 cm³/mol. The zero-order valence-electron chi connectivity index (χ0n) is 13.8. The number of piperazine rings is 1. The van der Waals surface area contributed by atoms with Crippen molar-refractivity contribution in [3.05, 3.63) is 30.1 Å². The fourth-order valence-electron chi connectivity index (χ4n) is 4.39. The molecule has 4 atom stereocenters. The molecule has 1 N–H and O–H groups in total. The second-order valence-electron chi connectivity index (χ2n) is 6.94. The lowest BCUT2D eigenvalue weighted by molar-refractivity contribution is -0.151. The number of aliphatic carboxylic acids is 1. The molecule has 2 bridgehead atoms. The topological polar surface area (TPSA) is 70.1 Å². The summed E-state index contributed by atoms with van der Waals surface area (Å²) in [5.74, 6) is -2.68. The largest absolute Gasteiger partial charge is 0.481 e. The summed E-state index contributed by atoms with van der Waals surface area (Å²) in [5, 5.41) is 9.47. The number of ether oxygens (including phenoxy) is 1. The Balaban J connectivity index is 1.43. The second-order valence-corrected chi connectivity index (χ2v) is 6.94. The summed E-state index contributed by atoms with van der Waals surface area (Å²) in [6, 6.07) is 6.60. The standard InChI is InChI=1S/C18H21FN2O4/c19-11-3-1-2-4-12(11)20-7-9-21(10-8-20)17(22)15-13-5-6-14(25-13)16(15)18(23)24/h1-4,13-16H,5-10H2,(H,23,24)/t13-,14-,15+,16-/m0/s1.